The number of carbonyl (C=O) groups is 1. The fourth-order valence-electron chi connectivity index (χ4n) is 4.63. The average Bonchev–Trinajstić information content (AvgIpc) is 3.49. The molecule has 4 heterocycles. The van der Waals surface area contributed by atoms with Crippen LogP contribution in [0.5, 0.6) is 0 Å². The molecule has 2 aromatic heterocycles. The van der Waals surface area contributed by atoms with Crippen LogP contribution in [0.15, 0.2) is 48.9 Å². The van der Waals surface area contributed by atoms with Gasteiger partial charge in [-0.1, -0.05) is 0 Å². The molecule has 1 amide bonds. The van der Waals surface area contributed by atoms with Gasteiger partial charge < -0.3 is 10.2 Å². The number of nitrogens with one attached hydrogen (secondary N) is 1. The molecule has 0 saturated carbocycles. The summed E-state index contributed by atoms with van der Waals surface area (Å²) in [6, 6.07) is 5.74. The van der Waals surface area contributed by atoms with Gasteiger partial charge in [-0.2, -0.15) is 28.2 Å². The summed E-state index contributed by atoms with van der Waals surface area (Å²) in [5.41, 5.74) is -0.285. The fourth-order valence-corrected chi connectivity index (χ4v) is 4.63. The summed E-state index contributed by atoms with van der Waals surface area (Å²) >= 11 is 0. The Morgan fingerprint density at radius 1 is 1.09 bits per heavy atom. The number of hydrogen-bond acceptors (Lipinski definition) is 5. The van der Waals surface area contributed by atoms with Crippen LogP contribution in [-0.2, 0) is 6.18 Å². The second kappa shape index (κ2) is 7.57. The lowest BCUT2D eigenvalue weighted by molar-refractivity contribution is -0.137. The summed E-state index contributed by atoms with van der Waals surface area (Å²) in [7, 11) is 0. The van der Waals surface area contributed by atoms with Crippen LogP contribution < -0.4 is 5.32 Å². The maximum absolute atomic E-state index is 14.0. The first kappa shape index (κ1) is 20.4. The number of benzene rings is 1. The number of anilines is 1. The van der Waals surface area contributed by atoms with Gasteiger partial charge in [0.2, 0.25) is 0 Å². The van der Waals surface area contributed by atoms with Crippen molar-refractivity contribution in [2.75, 3.05) is 5.32 Å². The monoisotopic (exact) mass is 446 g/mol. The predicted octanol–water partition coefficient (Wildman–Crippen LogP) is 3.68. The van der Waals surface area contributed by atoms with Crippen LogP contribution in [0.2, 0.25) is 0 Å². The summed E-state index contributed by atoms with van der Waals surface area (Å²) in [6.07, 6.45) is 1.44. The molecular formula is C21H18F4N6O. The lowest BCUT2D eigenvalue weighted by Crippen LogP contribution is -2.40. The number of aromatic nitrogens is 4. The van der Waals surface area contributed by atoms with E-state index in [0.29, 0.717) is 17.9 Å². The molecule has 2 bridgehead atoms. The smallest absolute Gasteiger partial charge is 0.365 e. The van der Waals surface area contributed by atoms with Gasteiger partial charge in [-0.25, -0.2) is 9.37 Å². The van der Waals surface area contributed by atoms with Crippen LogP contribution in [0.4, 0.5) is 23.4 Å². The highest BCUT2D eigenvalue weighted by Crippen LogP contribution is 2.40. The SMILES string of the molecule is O=C(c1cc(F)ccc1-n1nccn1)N1C2CCC1C(Nc1ccc(C(F)(F)F)cn1)C2. The zero-order valence-corrected chi connectivity index (χ0v) is 16.6. The number of alkyl halides is 3. The third-order valence-electron chi connectivity index (χ3n) is 6.02. The molecule has 166 valence electrons. The molecule has 5 rings (SSSR count). The molecule has 1 aromatic carbocycles. The summed E-state index contributed by atoms with van der Waals surface area (Å²) in [5.74, 6) is -0.552. The van der Waals surface area contributed by atoms with Gasteiger partial charge in [0.1, 0.15) is 11.6 Å². The van der Waals surface area contributed by atoms with Gasteiger partial charge in [-0.05, 0) is 49.6 Å². The van der Waals surface area contributed by atoms with E-state index in [4.69, 9.17) is 0 Å². The van der Waals surface area contributed by atoms with Gasteiger partial charge in [0.15, 0.2) is 0 Å². The number of fused-ring (bicyclic) bond motifs is 2. The highest BCUT2D eigenvalue weighted by atomic mass is 19.4. The second-order valence-electron chi connectivity index (χ2n) is 7.91. The maximum Gasteiger partial charge on any atom is 0.417 e. The number of nitrogens with zero attached hydrogens (tertiary/aromatic N) is 5. The first-order valence-electron chi connectivity index (χ1n) is 10.1. The molecule has 1 N–H and O–H groups in total. The first-order chi connectivity index (χ1) is 15.3. The molecular weight excluding hydrogens is 428 g/mol. The lowest BCUT2D eigenvalue weighted by Gasteiger charge is -2.26. The third-order valence-corrected chi connectivity index (χ3v) is 6.02. The van der Waals surface area contributed by atoms with Gasteiger partial charge in [-0.15, -0.1) is 0 Å². The van der Waals surface area contributed by atoms with Gasteiger partial charge in [-0.3, -0.25) is 4.79 Å². The topological polar surface area (TPSA) is 75.9 Å². The first-order valence-corrected chi connectivity index (χ1v) is 10.1. The Bertz CT molecular complexity index is 1130. The Morgan fingerprint density at radius 2 is 1.88 bits per heavy atom. The standard InChI is InChI=1S/C21H18F4N6O/c22-13-2-4-17(31-27-7-8-28-31)15(9-13)20(32)30-14-3-5-18(30)16(10-14)29-19-6-1-12(11-26-19)21(23,24)25/h1-2,4,6-9,11,14,16,18H,3,5,10H2,(H,26,29). The minimum Gasteiger partial charge on any atom is -0.365 e. The summed E-state index contributed by atoms with van der Waals surface area (Å²) in [4.78, 5) is 20.3. The van der Waals surface area contributed by atoms with Crippen molar-refractivity contribution in [1.29, 1.82) is 0 Å². The van der Waals surface area contributed by atoms with Crippen molar-refractivity contribution in [1.82, 2.24) is 24.9 Å². The number of pyridine rings is 1. The molecule has 0 spiro atoms. The van der Waals surface area contributed by atoms with Gasteiger partial charge in [0.05, 0.1) is 35.2 Å². The van der Waals surface area contributed by atoms with Crippen molar-refractivity contribution in [3.05, 3.63) is 65.9 Å². The molecule has 7 nitrogen and oxygen atoms in total. The van der Waals surface area contributed by atoms with Gasteiger partial charge >= 0.3 is 6.18 Å². The van der Waals surface area contributed by atoms with Crippen molar-refractivity contribution >= 4 is 11.7 Å². The van der Waals surface area contributed by atoms with Crippen LogP contribution >= 0.6 is 0 Å². The molecule has 3 atom stereocenters. The van der Waals surface area contributed by atoms with Crippen molar-refractivity contribution in [3.8, 4) is 5.69 Å². The van der Waals surface area contributed by atoms with E-state index in [0.717, 1.165) is 25.1 Å². The zero-order chi connectivity index (χ0) is 22.5. The van der Waals surface area contributed by atoms with Gasteiger partial charge in [0, 0.05) is 18.3 Å². The molecule has 3 aromatic rings. The van der Waals surface area contributed by atoms with Gasteiger partial charge in [0.25, 0.3) is 5.91 Å². The van der Waals surface area contributed by atoms with Crippen LogP contribution in [0.1, 0.15) is 35.2 Å². The molecule has 2 saturated heterocycles. The Morgan fingerprint density at radius 3 is 2.56 bits per heavy atom. The van der Waals surface area contributed by atoms with Crippen molar-refractivity contribution in [2.45, 2.75) is 43.6 Å². The van der Waals surface area contributed by atoms with Crippen LogP contribution in [-0.4, -0.2) is 48.9 Å². The zero-order valence-electron chi connectivity index (χ0n) is 16.6. The molecule has 0 radical (unpaired) electrons. The number of rotatable bonds is 4. The fraction of sp³-hybridized carbons (Fsp3) is 0.333. The molecule has 0 aliphatic carbocycles. The van der Waals surface area contributed by atoms with E-state index in [9.17, 15) is 22.4 Å². The molecule has 2 aliphatic rings. The van der Waals surface area contributed by atoms with Crippen LogP contribution in [0, 0.1) is 5.82 Å². The summed E-state index contributed by atoms with van der Waals surface area (Å²) < 4.78 is 52.3. The largest absolute Gasteiger partial charge is 0.417 e. The Labute approximate surface area is 180 Å². The summed E-state index contributed by atoms with van der Waals surface area (Å²) in [5, 5.41) is 11.3. The average molecular weight is 446 g/mol. The second-order valence-corrected chi connectivity index (χ2v) is 7.91. The molecule has 3 unspecified atom stereocenters. The highest BCUT2D eigenvalue weighted by Gasteiger charge is 2.49. The number of carbonyl (C=O) groups excluding carboxylic acids is 1. The van der Waals surface area contributed by atoms with E-state index in [-0.39, 0.29) is 29.6 Å². The number of halogens is 4. The number of hydrogen-bond donors (Lipinski definition) is 1. The summed E-state index contributed by atoms with van der Waals surface area (Å²) in [6.45, 7) is 0. The minimum absolute atomic E-state index is 0.0545. The van der Waals surface area contributed by atoms with Crippen molar-refractivity contribution in [3.63, 3.8) is 0 Å². The third kappa shape index (κ3) is 3.57. The molecule has 2 fully saturated rings. The Kier molecular flexibility index (Phi) is 4.83. The maximum atomic E-state index is 14.0. The van der Waals surface area contributed by atoms with E-state index in [1.165, 1.54) is 41.5 Å². The minimum atomic E-state index is -4.45. The Balaban J connectivity index is 1.38. The van der Waals surface area contributed by atoms with Crippen LogP contribution in [0.3, 0.4) is 0 Å². The van der Waals surface area contributed by atoms with E-state index >= 15 is 0 Å². The van der Waals surface area contributed by atoms with E-state index < -0.39 is 17.6 Å². The van der Waals surface area contributed by atoms with Crippen molar-refractivity contribution < 1.29 is 22.4 Å². The highest BCUT2D eigenvalue weighted by molar-refractivity contribution is 5.98. The lowest BCUT2D eigenvalue weighted by atomic mass is 9.95. The quantitative estimate of drug-likeness (QED) is 0.619. The normalized spacial score (nSPS) is 22.4. The Hall–Kier alpha value is -3.50. The van der Waals surface area contributed by atoms with E-state index in [2.05, 4.69) is 20.5 Å². The predicted molar refractivity (Wildman–Crippen MR) is 106 cm³/mol. The van der Waals surface area contributed by atoms with Crippen molar-refractivity contribution in [2.24, 2.45) is 0 Å². The van der Waals surface area contributed by atoms with E-state index in [1.54, 1.807) is 4.90 Å². The molecule has 2 aliphatic heterocycles. The molecule has 32 heavy (non-hydrogen) atoms. The molecule has 11 heteroatoms. The van der Waals surface area contributed by atoms with E-state index in [1.807, 2.05) is 0 Å². The van der Waals surface area contributed by atoms with Crippen LogP contribution in [0.25, 0.3) is 5.69 Å². The number of amides is 1.